The maximum Gasteiger partial charge on any atom is 0.0529 e. The Kier molecular flexibility index (Phi) is 3.20. The maximum atomic E-state index is 10.1. The number of hydrogen-bond donors (Lipinski definition) is 0. The van der Waals surface area contributed by atoms with Crippen LogP contribution in [0.4, 0.5) is 0 Å². The molecule has 0 bridgehead atoms. The second-order valence-corrected chi connectivity index (χ2v) is 2.65. The average Bonchev–Trinajstić information content (AvgIpc) is 1.64. The first-order valence-electron chi connectivity index (χ1n) is 3.21. The van der Waals surface area contributed by atoms with Gasteiger partial charge in [-0.15, -0.1) is 4.91 Å². The molecule has 0 rings (SSSR count). The van der Waals surface area contributed by atoms with Crippen LogP contribution in [0, 0.1) is 4.91 Å². The van der Waals surface area contributed by atoms with Crippen molar-refractivity contribution in [1.29, 1.82) is 0 Å². The molecular formula is C6H14N2O. The lowest BCUT2D eigenvalue weighted by atomic mass is 10.3. The van der Waals surface area contributed by atoms with Crippen molar-refractivity contribution < 1.29 is 0 Å². The number of rotatable bonds is 3. The van der Waals surface area contributed by atoms with Gasteiger partial charge in [-0.25, -0.2) is 0 Å². The van der Waals surface area contributed by atoms with E-state index in [1.165, 1.54) is 5.01 Å². The predicted molar refractivity (Wildman–Crippen MR) is 37.9 cm³/mol. The quantitative estimate of drug-likeness (QED) is 0.431. The minimum absolute atomic E-state index is 0.211. The zero-order valence-electron chi connectivity index (χ0n) is 6.46. The molecule has 0 heterocycles. The van der Waals surface area contributed by atoms with Crippen LogP contribution in [0.2, 0.25) is 0 Å². The van der Waals surface area contributed by atoms with Gasteiger partial charge in [0.25, 0.3) is 0 Å². The fraction of sp³-hybridized carbons (Fsp3) is 1.00. The second-order valence-electron chi connectivity index (χ2n) is 2.65. The Labute approximate surface area is 56.0 Å². The van der Waals surface area contributed by atoms with Gasteiger partial charge in [-0.3, -0.25) is 5.01 Å². The highest BCUT2D eigenvalue weighted by atomic mass is 16.3. The molecule has 0 aliphatic rings. The Bertz CT molecular complexity index is 83.1. The van der Waals surface area contributed by atoms with E-state index in [0.717, 1.165) is 0 Å². The van der Waals surface area contributed by atoms with Crippen molar-refractivity contribution in [3.63, 3.8) is 0 Å². The maximum absolute atomic E-state index is 10.1. The molecule has 0 atom stereocenters. The van der Waals surface area contributed by atoms with E-state index < -0.39 is 0 Å². The Hall–Kier alpha value is -0.600. The van der Waals surface area contributed by atoms with Gasteiger partial charge in [-0.2, -0.15) is 0 Å². The standard InChI is InChI=1S/C6H14N2O/c1-5(2)8(7-9)6(3)4/h5-6H,1-4H3. The van der Waals surface area contributed by atoms with Gasteiger partial charge in [0, 0.05) is 12.1 Å². The van der Waals surface area contributed by atoms with Gasteiger partial charge in [0.2, 0.25) is 0 Å². The van der Waals surface area contributed by atoms with Crippen LogP contribution in [0.5, 0.6) is 0 Å². The number of nitrogens with zero attached hydrogens (tertiary/aromatic N) is 2. The van der Waals surface area contributed by atoms with Crippen LogP contribution in [0.25, 0.3) is 0 Å². The first-order chi connectivity index (χ1) is 4.09. The van der Waals surface area contributed by atoms with Crippen molar-refractivity contribution >= 4 is 0 Å². The smallest absolute Gasteiger partial charge is 0.0529 e. The summed E-state index contributed by atoms with van der Waals surface area (Å²) in [4.78, 5) is 10.1. The largest absolute Gasteiger partial charge is 0.256 e. The number of hydrogen-bond acceptors (Lipinski definition) is 2. The number of nitroso groups, excluding NO2 is 1. The summed E-state index contributed by atoms with van der Waals surface area (Å²) in [6.45, 7) is 7.78. The van der Waals surface area contributed by atoms with Crippen molar-refractivity contribution in [3.05, 3.63) is 4.91 Å². The Morgan fingerprint density at radius 1 is 1.11 bits per heavy atom. The highest BCUT2D eigenvalue weighted by Crippen LogP contribution is 2.03. The molecule has 0 aromatic heterocycles. The molecular weight excluding hydrogens is 116 g/mol. The van der Waals surface area contributed by atoms with E-state index in [-0.39, 0.29) is 12.1 Å². The molecule has 0 aliphatic heterocycles. The van der Waals surface area contributed by atoms with Gasteiger partial charge in [-0.1, -0.05) is 0 Å². The molecule has 0 aromatic carbocycles. The molecule has 0 N–H and O–H groups in total. The first-order valence-corrected chi connectivity index (χ1v) is 3.21. The summed E-state index contributed by atoms with van der Waals surface area (Å²) in [5.41, 5.74) is 0. The Morgan fingerprint density at radius 2 is 1.44 bits per heavy atom. The Morgan fingerprint density at radius 3 is 1.44 bits per heavy atom. The van der Waals surface area contributed by atoms with Crippen LogP contribution < -0.4 is 0 Å². The van der Waals surface area contributed by atoms with Gasteiger partial charge in [0.15, 0.2) is 0 Å². The zero-order chi connectivity index (χ0) is 7.44. The summed E-state index contributed by atoms with van der Waals surface area (Å²) in [6, 6.07) is 0.421. The summed E-state index contributed by atoms with van der Waals surface area (Å²) in [7, 11) is 0. The van der Waals surface area contributed by atoms with E-state index in [1.807, 2.05) is 27.7 Å². The van der Waals surface area contributed by atoms with Crippen molar-refractivity contribution in [2.45, 2.75) is 39.8 Å². The zero-order valence-corrected chi connectivity index (χ0v) is 6.46. The molecule has 3 nitrogen and oxygen atoms in total. The highest BCUT2D eigenvalue weighted by Gasteiger charge is 2.10. The van der Waals surface area contributed by atoms with Gasteiger partial charge < -0.3 is 0 Å². The molecule has 0 radical (unpaired) electrons. The minimum atomic E-state index is 0.211. The van der Waals surface area contributed by atoms with E-state index in [4.69, 9.17) is 0 Å². The molecule has 0 aromatic rings. The van der Waals surface area contributed by atoms with E-state index in [0.29, 0.717) is 0 Å². The molecule has 0 amide bonds. The van der Waals surface area contributed by atoms with Gasteiger partial charge >= 0.3 is 0 Å². The molecule has 0 fully saturated rings. The second kappa shape index (κ2) is 3.43. The lowest BCUT2D eigenvalue weighted by molar-refractivity contribution is 0.180. The lowest BCUT2D eigenvalue weighted by Gasteiger charge is -2.22. The molecule has 0 saturated heterocycles. The monoisotopic (exact) mass is 130 g/mol. The molecule has 9 heavy (non-hydrogen) atoms. The highest BCUT2D eigenvalue weighted by molar-refractivity contribution is 4.60. The van der Waals surface area contributed by atoms with Crippen LogP contribution in [0.15, 0.2) is 5.29 Å². The van der Waals surface area contributed by atoms with Crippen LogP contribution in [0.1, 0.15) is 27.7 Å². The molecule has 0 saturated carbocycles. The SMILES string of the molecule is CC(C)N(N=O)C(C)C. The van der Waals surface area contributed by atoms with Crippen molar-refractivity contribution in [3.8, 4) is 0 Å². The molecule has 0 aliphatic carbocycles. The third-order valence-electron chi connectivity index (χ3n) is 1.15. The van der Waals surface area contributed by atoms with Crippen molar-refractivity contribution in [2.75, 3.05) is 0 Å². The fourth-order valence-electron chi connectivity index (χ4n) is 0.785. The van der Waals surface area contributed by atoms with E-state index in [1.54, 1.807) is 0 Å². The van der Waals surface area contributed by atoms with Crippen LogP contribution in [-0.4, -0.2) is 17.1 Å². The Balaban J connectivity index is 3.82. The average molecular weight is 130 g/mol. The summed E-state index contributed by atoms with van der Waals surface area (Å²) < 4.78 is 0. The normalized spacial score (nSPS) is 10.4. The molecule has 0 spiro atoms. The van der Waals surface area contributed by atoms with Crippen molar-refractivity contribution in [2.24, 2.45) is 5.29 Å². The van der Waals surface area contributed by atoms with Gasteiger partial charge in [-0.05, 0) is 27.7 Å². The fourth-order valence-corrected chi connectivity index (χ4v) is 0.785. The summed E-state index contributed by atoms with van der Waals surface area (Å²) in [6.07, 6.45) is 0. The van der Waals surface area contributed by atoms with Crippen LogP contribution >= 0.6 is 0 Å². The molecule has 3 heteroatoms. The van der Waals surface area contributed by atoms with Crippen molar-refractivity contribution in [1.82, 2.24) is 5.01 Å². The molecule has 54 valence electrons. The molecule has 0 unspecified atom stereocenters. The summed E-state index contributed by atoms with van der Waals surface area (Å²) in [5.74, 6) is 0. The third kappa shape index (κ3) is 2.44. The lowest BCUT2D eigenvalue weighted by Crippen LogP contribution is -2.31. The summed E-state index contributed by atoms with van der Waals surface area (Å²) >= 11 is 0. The van der Waals surface area contributed by atoms with Crippen LogP contribution in [-0.2, 0) is 0 Å². The predicted octanol–water partition coefficient (Wildman–Crippen LogP) is 1.79. The summed E-state index contributed by atoms with van der Waals surface area (Å²) in [5, 5.41) is 4.40. The first kappa shape index (κ1) is 8.40. The van der Waals surface area contributed by atoms with E-state index in [2.05, 4.69) is 5.29 Å². The third-order valence-corrected chi connectivity index (χ3v) is 1.15. The van der Waals surface area contributed by atoms with Gasteiger partial charge in [0.1, 0.15) is 0 Å². The van der Waals surface area contributed by atoms with Gasteiger partial charge in [0.05, 0.1) is 5.29 Å². The van der Waals surface area contributed by atoms with E-state index >= 15 is 0 Å². The minimum Gasteiger partial charge on any atom is -0.256 e. The topological polar surface area (TPSA) is 32.7 Å². The van der Waals surface area contributed by atoms with E-state index in [9.17, 15) is 4.91 Å². The van der Waals surface area contributed by atoms with Crippen LogP contribution in [0.3, 0.4) is 0 Å².